The smallest absolute Gasteiger partial charge is 0.171 e. The number of nitrogens with zero attached hydrogens (tertiary/aromatic N) is 1. The third-order valence-electron chi connectivity index (χ3n) is 2.89. The summed E-state index contributed by atoms with van der Waals surface area (Å²) >= 11 is 1.48. The third-order valence-corrected chi connectivity index (χ3v) is 4.14. The molecule has 0 aliphatic carbocycles. The van der Waals surface area contributed by atoms with E-state index in [1.54, 1.807) is 6.92 Å². The number of nitrogens with one attached hydrogen (secondary N) is 1. The minimum atomic E-state index is 0.0970. The summed E-state index contributed by atoms with van der Waals surface area (Å²) in [6.07, 6.45) is 0. The summed E-state index contributed by atoms with van der Waals surface area (Å²) in [5.74, 6) is 0.0970. The molecule has 0 spiro atoms. The van der Waals surface area contributed by atoms with Crippen molar-refractivity contribution in [2.75, 3.05) is 0 Å². The first kappa shape index (κ1) is 13.9. The van der Waals surface area contributed by atoms with Crippen LogP contribution < -0.4 is 5.32 Å². The molecule has 19 heavy (non-hydrogen) atoms. The van der Waals surface area contributed by atoms with Gasteiger partial charge in [0, 0.05) is 20.0 Å². The molecule has 1 aromatic heterocycles. The zero-order valence-corrected chi connectivity index (χ0v) is 12.3. The predicted molar refractivity (Wildman–Crippen MR) is 78.6 cm³/mol. The van der Waals surface area contributed by atoms with E-state index in [0.29, 0.717) is 6.54 Å². The van der Waals surface area contributed by atoms with Gasteiger partial charge in [0.05, 0.1) is 10.6 Å². The standard InChI is InChI=1S/C15H18N2OS/c1-10-4-6-13(7-5-10)8-16-9-14-17-11(2)15(19-14)12(3)18/h4-7,16H,8-9H2,1-3H3. The number of ketones is 1. The molecule has 0 bridgehead atoms. The van der Waals surface area contributed by atoms with E-state index >= 15 is 0 Å². The van der Waals surface area contributed by atoms with Gasteiger partial charge in [0.15, 0.2) is 5.78 Å². The Morgan fingerprint density at radius 3 is 2.47 bits per heavy atom. The quantitative estimate of drug-likeness (QED) is 0.851. The summed E-state index contributed by atoms with van der Waals surface area (Å²) in [6, 6.07) is 8.46. The average Bonchev–Trinajstić information content (AvgIpc) is 2.73. The molecule has 0 amide bonds. The van der Waals surface area contributed by atoms with Gasteiger partial charge in [-0.3, -0.25) is 4.79 Å². The molecule has 0 fully saturated rings. The summed E-state index contributed by atoms with van der Waals surface area (Å²) in [7, 11) is 0. The van der Waals surface area contributed by atoms with Crippen molar-refractivity contribution in [3.63, 3.8) is 0 Å². The Morgan fingerprint density at radius 2 is 1.89 bits per heavy atom. The van der Waals surface area contributed by atoms with E-state index < -0.39 is 0 Å². The summed E-state index contributed by atoms with van der Waals surface area (Å²) in [5, 5.41) is 4.32. The molecule has 0 radical (unpaired) electrons. The highest BCUT2D eigenvalue weighted by Gasteiger charge is 2.10. The Balaban J connectivity index is 1.90. The summed E-state index contributed by atoms with van der Waals surface area (Å²) < 4.78 is 0. The molecule has 0 saturated heterocycles. The van der Waals surface area contributed by atoms with Crippen LogP contribution in [0.1, 0.15) is 38.4 Å². The van der Waals surface area contributed by atoms with Crippen LogP contribution >= 0.6 is 11.3 Å². The maximum atomic E-state index is 11.4. The van der Waals surface area contributed by atoms with Gasteiger partial charge in [-0.05, 0) is 19.4 Å². The van der Waals surface area contributed by atoms with Gasteiger partial charge < -0.3 is 5.32 Å². The second-order valence-electron chi connectivity index (χ2n) is 4.67. The Labute approximate surface area is 117 Å². The number of thiazole rings is 1. The van der Waals surface area contributed by atoms with Gasteiger partial charge in [-0.1, -0.05) is 29.8 Å². The maximum Gasteiger partial charge on any atom is 0.171 e. The van der Waals surface area contributed by atoms with Gasteiger partial charge >= 0.3 is 0 Å². The molecule has 2 rings (SSSR count). The minimum absolute atomic E-state index is 0.0970. The number of hydrogen-bond acceptors (Lipinski definition) is 4. The SMILES string of the molecule is CC(=O)c1sc(CNCc2ccc(C)cc2)nc1C. The molecular weight excluding hydrogens is 256 g/mol. The highest BCUT2D eigenvalue weighted by Crippen LogP contribution is 2.18. The molecule has 1 heterocycles. The Bertz CT molecular complexity index is 572. The molecule has 4 heteroatoms. The van der Waals surface area contributed by atoms with Gasteiger partial charge in [-0.2, -0.15) is 0 Å². The number of benzene rings is 1. The van der Waals surface area contributed by atoms with Crippen LogP contribution in [0, 0.1) is 13.8 Å². The lowest BCUT2D eigenvalue weighted by molar-refractivity contribution is 0.102. The van der Waals surface area contributed by atoms with E-state index in [1.807, 2.05) is 6.92 Å². The van der Waals surface area contributed by atoms with E-state index in [9.17, 15) is 4.79 Å². The van der Waals surface area contributed by atoms with E-state index in [1.165, 1.54) is 22.5 Å². The van der Waals surface area contributed by atoms with E-state index in [2.05, 4.69) is 41.5 Å². The van der Waals surface area contributed by atoms with Crippen LogP contribution in [-0.2, 0) is 13.1 Å². The van der Waals surface area contributed by atoms with E-state index in [0.717, 1.165) is 22.1 Å². The second kappa shape index (κ2) is 6.08. The molecule has 0 aliphatic heterocycles. The molecule has 1 N–H and O–H groups in total. The van der Waals surface area contributed by atoms with E-state index in [4.69, 9.17) is 0 Å². The number of hydrogen-bond donors (Lipinski definition) is 1. The minimum Gasteiger partial charge on any atom is -0.306 e. The number of rotatable bonds is 5. The molecule has 3 nitrogen and oxygen atoms in total. The monoisotopic (exact) mass is 274 g/mol. The topological polar surface area (TPSA) is 42.0 Å². The normalized spacial score (nSPS) is 10.7. The molecule has 2 aromatic rings. The maximum absolute atomic E-state index is 11.4. The molecule has 0 aliphatic rings. The van der Waals surface area contributed by atoms with Crippen LogP contribution in [0.25, 0.3) is 0 Å². The van der Waals surface area contributed by atoms with Gasteiger partial charge in [0.2, 0.25) is 0 Å². The van der Waals surface area contributed by atoms with Gasteiger partial charge in [0.1, 0.15) is 5.01 Å². The van der Waals surface area contributed by atoms with Crippen molar-refractivity contribution in [3.05, 3.63) is 51.0 Å². The number of aromatic nitrogens is 1. The van der Waals surface area contributed by atoms with E-state index in [-0.39, 0.29) is 5.78 Å². The molecule has 1 aromatic carbocycles. The summed E-state index contributed by atoms with van der Waals surface area (Å²) in [4.78, 5) is 16.5. The molecule has 0 saturated carbocycles. The van der Waals surface area contributed by atoms with Crippen molar-refractivity contribution >= 4 is 17.1 Å². The largest absolute Gasteiger partial charge is 0.306 e. The molecular formula is C15H18N2OS. The van der Waals surface area contributed by atoms with Crippen molar-refractivity contribution in [2.24, 2.45) is 0 Å². The highest BCUT2D eigenvalue weighted by atomic mass is 32.1. The zero-order chi connectivity index (χ0) is 13.8. The van der Waals surface area contributed by atoms with Crippen LogP contribution in [0.3, 0.4) is 0 Å². The lowest BCUT2D eigenvalue weighted by Crippen LogP contribution is -2.12. The predicted octanol–water partition coefficient (Wildman–Crippen LogP) is 3.25. The highest BCUT2D eigenvalue weighted by molar-refractivity contribution is 7.13. The fourth-order valence-corrected chi connectivity index (χ4v) is 2.80. The first-order chi connectivity index (χ1) is 9.06. The van der Waals surface area contributed by atoms with Crippen LogP contribution in [0.4, 0.5) is 0 Å². The Kier molecular flexibility index (Phi) is 4.45. The summed E-state index contributed by atoms with van der Waals surface area (Å²) in [6.45, 7) is 7.07. The number of aryl methyl sites for hydroxylation is 2. The van der Waals surface area contributed by atoms with Gasteiger partial charge in [-0.25, -0.2) is 4.98 Å². The fourth-order valence-electron chi connectivity index (χ4n) is 1.87. The first-order valence-electron chi connectivity index (χ1n) is 6.30. The number of carbonyl (C=O) groups is 1. The van der Waals surface area contributed by atoms with Crippen LogP contribution in [0.5, 0.6) is 0 Å². The van der Waals surface area contributed by atoms with Crippen LogP contribution in [0.2, 0.25) is 0 Å². The van der Waals surface area contributed by atoms with Crippen molar-refractivity contribution in [1.82, 2.24) is 10.3 Å². The van der Waals surface area contributed by atoms with Crippen molar-refractivity contribution in [3.8, 4) is 0 Å². The first-order valence-corrected chi connectivity index (χ1v) is 7.11. The molecule has 0 unspecified atom stereocenters. The average molecular weight is 274 g/mol. The van der Waals surface area contributed by atoms with Crippen molar-refractivity contribution in [2.45, 2.75) is 33.9 Å². The lowest BCUT2D eigenvalue weighted by Gasteiger charge is -2.03. The van der Waals surface area contributed by atoms with Crippen molar-refractivity contribution in [1.29, 1.82) is 0 Å². The van der Waals surface area contributed by atoms with Crippen molar-refractivity contribution < 1.29 is 4.79 Å². The molecule has 0 atom stereocenters. The third kappa shape index (κ3) is 3.72. The second-order valence-corrected chi connectivity index (χ2v) is 5.75. The fraction of sp³-hybridized carbons (Fsp3) is 0.333. The zero-order valence-electron chi connectivity index (χ0n) is 11.5. The summed E-state index contributed by atoms with van der Waals surface area (Å²) in [5.41, 5.74) is 3.36. The molecule has 100 valence electrons. The lowest BCUT2D eigenvalue weighted by atomic mass is 10.1. The van der Waals surface area contributed by atoms with Crippen LogP contribution in [-0.4, -0.2) is 10.8 Å². The Morgan fingerprint density at radius 1 is 1.21 bits per heavy atom. The van der Waals surface area contributed by atoms with Gasteiger partial charge in [0.25, 0.3) is 0 Å². The number of Topliss-reactive ketones (excluding diaryl/α,β-unsaturated/α-hetero) is 1. The Hall–Kier alpha value is -1.52. The van der Waals surface area contributed by atoms with Crippen LogP contribution in [0.15, 0.2) is 24.3 Å². The van der Waals surface area contributed by atoms with Gasteiger partial charge in [-0.15, -0.1) is 11.3 Å². The number of carbonyl (C=O) groups excluding carboxylic acids is 1.